The van der Waals surface area contributed by atoms with E-state index in [9.17, 15) is 9.18 Å². The first-order chi connectivity index (χ1) is 18.5. The van der Waals surface area contributed by atoms with E-state index < -0.39 is 0 Å². The number of aromatic amines is 2. The fraction of sp³-hybridized carbons (Fsp3) is 0.138. The lowest BCUT2D eigenvalue weighted by atomic mass is 10.0. The van der Waals surface area contributed by atoms with Crippen molar-refractivity contribution in [2.75, 3.05) is 5.32 Å². The Morgan fingerprint density at radius 1 is 0.974 bits per heavy atom. The highest BCUT2D eigenvalue weighted by Crippen LogP contribution is 2.34. The molecule has 0 saturated heterocycles. The maximum absolute atomic E-state index is 14.1. The van der Waals surface area contributed by atoms with Gasteiger partial charge < -0.3 is 10.3 Å². The lowest BCUT2D eigenvalue weighted by molar-refractivity contribution is -0.117. The SMILES string of the molecule is Cc1cc(F)cc(-c2nccc3[nH]c(-c4n[nH]c5ccc(-c6cncc(NC(=O)C7CC7)c6)cc45)nc23)c1. The summed E-state index contributed by atoms with van der Waals surface area (Å²) in [7, 11) is 0. The number of nitrogens with one attached hydrogen (secondary N) is 3. The van der Waals surface area contributed by atoms with Crippen molar-refractivity contribution in [1.82, 2.24) is 30.1 Å². The highest BCUT2D eigenvalue weighted by molar-refractivity contribution is 5.98. The first-order valence-electron chi connectivity index (χ1n) is 12.4. The van der Waals surface area contributed by atoms with E-state index in [2.05, 4.69) is 30.5 Å². The molecule has 8 nitrogen and oxygen atoms in total. The van der Waals surface area contributed by atoms with Gasteiger partial charge in [-0.3, -0.25) is 19.9 Å². The Balaban J connectivity index is 1.29. The minimum absolute atomic E-state index is 0.0451. The van der Waals surface area contributed by atoms with Gasteiger partial charge in [0.1, 0.15) is 17.0 Å². The molecule has 1 aliphatic rings. The number of anilines is 1. The Hall–Kier alpha value is -4.92. The maximum atomic E-state index is 14.1. The fourth-order valence-corrected chi connectivity index (χ4v) is 4.76. The third-order valence-electron chi connectivity index (χ3n) is 6.79. The van der Waals surface area contributed by atoms with Crippen LogP contribution in [0.3, 0.4) is 0 Å². The predicted octanol–water partition coefficient (Wildman–Crippen LogP) is 6.03. The average Bonchev–Trinajstić information content (AvgIpc) is 3.54. The van der Waals surface area contributed by atoms with Crippen LogP contribution < -0.4 is 5.32 Å². The van der Waals surface area contributed by atoms with E-state index in [1.807, 2.05) is 43.3 Å². The molecule has 1 aliphatic carbocycles. The van der Waals surface area contributed by atoms with Crippen LogP contribution in [0, 0.1) is 18.7 Å². The number of aryl methyl sites for hydroxylation is 1. The van der Waals surface area contributed by atoms with Crippen molar-refractivity contribution in [2.24, 2.45) is 5.92 Å². The van der Waals surface area contributed by atoms with Crippen LogP contribution in [0.15, 0.2) is 67.1 Å². The number of aromatic nitrogens is 6. The molecule has 0 spiro atoms. The summed E-state index contributed by atoms with van der Waals surface area (Å²) in [6.45, 7) is 1.85. The van der Waals surface area contributed by atoms with Crippen molar-refractivity contribution in [1.29, 1.82) is 0 Å². The zero-order valence-electron chi connectivity index (χ0n) is 20.4. The fourth-order valence-electron chi connectivity index (χ4n) is 4.76. The Labute approximate surface area is 216 Å². The molecule has 4 heterocycles. The normalized spacial score (nSPS) is 13.3. The van der Waals surface area contributed by atoms with E-state index in [4.69, 9.17) is 4.98 Å². The van der Waals surface area contributed by atoms with Crippen molar-refractivity contribution in [2.45, 2.75) is 19.8 Å². The molecule has 6 aromatic rings. The largest absolute Gasteiger partial charge is 0.336 e. The number of fused-ring (bicyclic) bond motifs is 2. The lowest BCUT2D eigenvalue weighted by Gasteiger charge is -2.07. The highest BCUT2D eigenvalue weighted by atomic mass is 19.1. The van der Waals surface area contributed by atoms with Crippen molar-refractivity contribution < 1.29 is 9.18 Å². The molecule has 186 valence electrons. The van der Waals surface area contributed by atoms with Crippen molar-refractivity contribution in [3.63, 3.8) is 0 Å². The van der Waals surface area contributed by atoms with Gasteiger partial charge in [0.25, 0.3) is 0 Å². The second-order valence-electron chi connectivity index (χ2n) is 9.72. The molecule has 1 saturated carbocycles. The Morgan fingerprint density at radius 3 is 2.71 bits per heavy atom. The standard InChI is InChI=1S/C29H22FN7O/c1-15-8-18(10-20(30)9-15)25-27-24(6-7-32-25)34-28(35-27)26-22-12-17(4-5-23(22)36-37-26)19-11-21(14-31-13-19)33-29(38)16-2-3-16/h4-14,16H,2-3H2,1H3,(H,33,38)(H,34,35)(H,36,37). The Bertz CT molecular complexity index is 1850. The molecule has 0 atom stereocenters. The number of benzene rings is 2. The van der Waals surface area contributed by atoms with Crippen LogP contribution in [0.25, 0.3) is 55.8 Å². The summed E-state index contributed by atoms with van der Waals surface area (Å²) in [5.41, 5.74) is 7.51. The smallest absolute Gasteiger partial charge is 0.227 e. The molecular weight excluding hydrogens is 481 g/mol. The molecule has 4 aromatic heterocycles. The lowest BCUT2D eigenvalue weighted by Crippen LogP contribution is -2.13. The molecule has 0 bridgehead atoms. The molecule has 1 fully saturated rings. The second kappa shape index (κ2) is 8.58. The molecule has 7 rings (SSSR count). The predicted molar refractivity (Wildman–Crippen MR) is 144 cm³/mol. The third-order valence-corrected chi connectivity index (χ3v) is 6.79. The summed E-state index contributed by atoms with van der Waals surface area (Å²) in [5, 5.41) is 11.5. The van der Waals surface area contributed by atoms with Crippen LogP contribution in [-0.4, -0.2) is 36.0 Å². The molecule has 0 unspecified atom stereocenters. The van der Waals surface area contributed by atoms with Gasteiger partial charge in [-0.05, 0) is 73.4 Å². The Kier molecular flexibility index (Phi) is 5.04. The zero-order chi connectivity index (χ0) is 25.8. The minimum atomic E-state index is -0.314. The number of amides is 1. The van der Waals surface area contributed by atoms with Crippen LogP contribution in [0.2, 0.25) is 0 Å². The summed E-state index contributed by atoms with van der Waals surface area (Å²) in [6.07, 6.45) is 7.00. The molecule has 9 heteroatoms. The highest BCUT2D eigenvalue weighted by Gasteiger charge is 2.29. The number of carbonyl (C=O) groups excluding carboxylic acids is 1. The number of imidazole rings is 1. The van der Waals surface area contributed by atoms with Crippen molar-refractivity contribution in [3.8, 4) is 33.9 Å². The number of halogens is 1. The van der Waals surface area contributed by atoms with Gasteiger partial charge in [-0.15, -0.1) is 0 Å². The molecule has 0 radical (unpaired) electrons. The van der Waals surface area contributed by atoms with Gasteiger partial charge in [0.15, 0.2) is 5.82 Å². The van der Waals surface area contributed by atoms with E-state index in [1.54, 1.807) is 18.6 Å². The van der Waals surface area contributed by atoms with E-state index in [0.717, 1.165) is 46.0 Å². The number of nitrogens with zero attached hydrogens (tertiary/aromatic N) is 4. The Morgan fingerprint density at radius 2 is 1.87 bits per heavy atom. The summed E-state index contributed by atoms with van der Waals surface area (Å²) < 4.78 is 14.1. The third kappa shape index (κ3) is 3.98. The number of carbonyl (C=O) groups is 1. The molecule has 1 amide bonds. The van der Waals surface area contributed by atoms with Gasteiger partial charge in [-0.2, -0.15) is 5.10 Å². The van der Waals surface area contributed by atoms with Gasteiger partial charge in [-0.1, -0.05) is 6.07 Å². The van der Waals surface area contributed by atoms with Crippen LogP contribution >= 0.6 is 0 Å². The number of pyridine rings is 2. The first-order valence-corrected chi connectivity index (χ1v) is 12.4. The summed E-state index contributed by atoms with van der Waals surface area (Å²) in [6, 6.07) is 14.6. The van der Waals surface area contributed by atoms with Gasteiger partial charge in [0.05, 0.1) is 28.6 Å². The van der Waals surface area contributed by atoms with Crippen molar-refractivity contribution in [3.05, 3.63) is 78.5 Å². The average molecular weight is 504 g/mol. The molecular formula is C29H22FN7O. The zero-order valence-corrected chi connectivity index (χ0v) is 20.4. The first kappa shape index (κ1) is 22.3. The molecule has 38 heavy (non-hydrogen) atoms. The summed E-state index contributed by atoms with van der Waals surface area (Å²) >= 11 is 0. The molecule has 0 aliphatic heterocycles. The van der Waals surface area contributed by atoms with E-state index >= 15 is 0 Å². The summed E-state index contributed by atoms with van der Waals surface area (Å²) in [4.78, 5) is 29.2. The maximum Gasteiger partial charge on any atom is 0.227 e. The summed E-state index contributed by atoms with van der Waals surface area (Å²) in [5.74, 6) is 0.428. The van der Waals surface area contributed by atoms with Gasteiger partial charge in [-0.25, -0.2) is 9.37 Å². The van der Waals surface area contributed by atoms with Gasteiger partial charge in [0, 0.05) is 34.8 Å². The number of hydrogen-bond acceptors (Lipinski definition) is 5. The van der Waals surface area contributed by atoms with Crippen LogP contribution in [-0.2, 0) is 4.79 Å². The van der Waals surface area contributed by atoms with Crippen LogP contribution in [0.5, 0.6) is 0 Å². The molecule has 2 aromatic carbocycles. The van der Waals surface area contributed by atoms with E-state index in [-0.39, 0.29) is 17.6 Å². The van der Waals surface area contributed by atoms with E-state index in [1.165, 1.54) is 12.1 Å². The second-order valence-corrected chi connectivity index (χ2v) is 9.72. The quantitative estimate of drug-likeness (QED) is 0.266. The molecule has 3 N–H and O–H groups in total. The topological polar surface area (TPSA) is 112 Å². The van der Waals surface area contributed by atoms with Crippen LogP contribution in [0.1, 0.15) is 18.4 Å². The van der Waals surface area contributed by atoms with Crippen molar-refractivity contribution >= 4 is 33.5 Å². The number of rotatable bonds is 5. The van der Waals surface area contributed by atoms with Crippen LogP contribution in [0.4, 0.5) is 10.1 Å². The minimum Gasteiger partial charge on any atom is -0.336 e. The monoisotopic (exact) mass is 503 g/mol. The van der Waals surface area contributed by atoms with Gasteiger partial charge >= 0.3 is 0 Å². The van der Waals surface area contributed by atoms with Gasteiger partial charge in [0.2, 0.25) is 5.91 Å². The number of hydrogen-bond donors (Lipinski definition) is 3. The van der Waals surface area contributed by atoms with E-state index in [0.29, 0.717) is 34.0 Å². The number of H-pyrrole nitrogens is 2.